The molecule has 6 heteroatoms. The number of aryl methyl sites for hydroxylation is 1. The van der Waals surface area contributed by atoms with Crippen LogP contribution in [0.5, 0.6) is 5.75 Å². The van der Waals surface area contributed by atoms with E-state index in [9.17, 15) is 9.59 Å². The fraction of sp³-hybridized carbons (Fsp3) is 0.400. The van der Waals surface area contributed by atoms with Crippen LogP contribution in [0.25, 0.3) is 0 Å². The normalized spacial score (nSPS) is 17.3. The molecular formula is C20H24N2O3S. The van der Waals surface area contributed by atoms with Crippen LogP contribution in [0.1, 0.15) is 46.6 Å². The third kappa shape index (κ3) is 3.90. The molecule has 1 aromatic carbocycles. The summed E-state index contributed by atoms with van der Waals surface area (Å²) in [6, 6.07) is 7.53. The molecule has 2 amide bonds. The molecule has 3 N–H and O–H groups in total. The van der Waals surface area contributed by atoms with E-state index >= 15 is 0 Å². The summed E-state index contributed by atoms with van der Waals surface area (Å²) in [5.41, 5.74) is 8.18. The van der Waals surface area contributed by atoms with E-state index in [1.807, 2.05) is 31.2 Å². The first-order chi connectivity index (χ1) is 12.3. The number of hydrogen-bond acceptors (Lipinski definition) is 4. The Morgan fingerprint density at radius 1 is 1.31 bits per heavy atom. The zero-order valence-corrected chi connectivity index (χ0v) is 16.1. The Morgan fingerprint density at radius 2 is 2.00 bits per heavy atom. The highest BCUT2D eigenvalue weighted by Gasteiger charge is 2.28. The molecule has 3 rings (SSSR count). The number of benzene rings is 1. The molecule has 1 aromatic heterocycles. The van der Waals surface area contributed by atoms with Gasteiger partial charge in [0, 0.05) is 4.88 Å². The first-order valence-electron chi connectivity index (χ1n) is 8.83. The van der Waals surface area contributed by atoms with Crippen LogP contribution in [-0.4, -0.2) is 17.9 Å². The van der Waals surface area contributed by atoms with Crippen molar-refractivity contribution in [2.45, 2.75) is 46.1 Å². The van der Waals surface area contributed by atoms with Gasteiger partial charge in [-0.05, 0) is 56.7 Å². The highest BCUT2D eigenvalue weighted by Crippen LogP contribution is 2.39. The number of amides is 2. The predicted octanol–water partition coefficient (Wildman–Crippen LogP) is 3.69. The Labute approximate surface area is 157 Å². The number of carbonyl (C=O) groups excluding carboxylic acids is 2. The molecule has 1 aliphatic carbocycles. The van der Waals surface area contributed by atoms with Gasteiger partial charge in [0.05, 0.1) is 5.56 Å². The molecule has 0 radical (unpaired) electrons. The van der Waals surface area contributed by atoms with E-state index in [-0.39, 0.29) is 5.91 Å². The van der Waals surface area contributed by atoms with Gasteiger partial charge in [-0.2, -0.15) is 0 Å². The molecule has 0 unspecified atom stereocenters. The van der Waals surface area contributed by atoms with Gasteiger partial charge in [-0.25, -0.2) is 0 Å². The molecule has 1 heterocycles. The molecular weight excluding hydrogens is 348 g/mol. The molecule has 0 spiro atoms. The Bertz CT molecular complexity index is 826. The van der Waals surface area contributed by atoms with E-state index in [0.29, 0.717) is 22.2 Å². The monoisotopic (exact) mass is 372 g/mol. The fourth-order valence-corrected chi connectivity index (χ4v) is 4.61. The lowest BCUT2D eigenvalue weighted by atomic mass is 9.88. The Morgan fingerprint density at radius 3 is 2.65 bits per heavy atom. The Kier molecular flexibility index (Phi) is 5.32. The van der Waals surface area contributed by atoms with Gasteiger partial charge in [-0.15, -0.1) is 11.3 Å². The predicted molar refractivity (Wildman–Crippen MR) is 104 cm³/mol. The van der Waals surface area contributed by atoms with E-state index in [4.69, 9.17) is 10.5 Å². The summed E-state index contributed by atoms with van der Waals surface area (Å²) in [5, 5.41) is 3.39. The molecule has 2 atom stereocenters. The smallest absolute Gasteiger partial charge is 0.265 e. The Hall–Kier alpha value is -2.34. The molecule has 138 valence electrons. The molecule has 2 aromatic rings. The number of fused-ring (bicyclic) bond motifs is 1. The van der Waals surface area contributed by atoms with Crippen molar-refractivity contribution in [1.82, 2.24) is 0 Å². The van der Waals surface area contributed by atoms with Gasteiger partial charge < -0.3 is 15.8 Å². The molecule has 5 nitrogen and oxygen atoms in total. The minimum atomic E-state index is -0.684. The van der Waals surface area contributed by atoms with E-state index in [1.165, 1.54) is 11.3 Å². The largest absolute Gasteiger partial charge is 0.481 e. The summed E-state index contributed by atoms with van der Waals surface area (Å²) in [5.74, 6) is 0.432. The second kappa shape index (κ2) is 7.50. The van der Waals surface area contributed by atoms with Crippen LogP contribution in [0.2, 0.25) is 0 Å². The van der Waals surface area contributed by atoms with Crippen LogP contribution in [0.4, 0.5) is 5.00 Å². The lowest BCUT2D eigenvalue weighted by Crippen LogP contribution is -2.30. The highest BCUT2D eigenvalue weighted by molar-refractivity contribution is 7.17. The van der Waals surface area contributed by atoms with Crippen molar-refractivity contribution in [3.63, 3.8) is 0 Å². The van der Waals surface area contributed by atoms with Crippen LogP contribution in [0.15, 0.2) is 24.3 Å². The second-order valence-electron chi connectivity index (χ2n) is 6.98. The number of primary amides is 1. The van der Waals surface area contributed by atoms with Crippen LogP contribution >= 0.6 is 11.3 Å². The number of rotatable bonds is 5. The summed E-state index contributed by atoms with van der Waals surface area (Å²) in [7, 11) is 0. The van der Waals surface area contributed by atoms with Crippen LogP contribution < -0.4 is 15.8 Å². The van der Waals surface area contributed by atoms with Gasteiger partial charge in [0.1, 0.15) is 10.8 Å². The van der Waals surface area contributed by atoms with Crippen LogP contribution in [0.3, 0.4) is 0 Å². The van der Waals surface area contributed by atoms with Crippen molar-refractivity contribution in [1.29, 1.82) is 0 Å². The van der Waals surface area contributed by atoms with Crippen molar-refractivity contribution in [3.05, 3.63) is 45.8 Å². The fourth-order valence-electron chi connectivity index (χ4n) is 3.19. The molecule has 0 fully saturated rings. The molecule has 1 aliphatic rings. The summed E-state index contributed by atoms with van der Waals surface area (Å²) in [4.78, 5) is 25.7. The summed E-state index contributed by atoms with van der Waals surface area (Å²) in [6.07, 6.45) is 2.10. The number of ether oxygens (including phenoxy) is 1. The van der Waals surface area contributed by atoms with E-state index < -0.39 is 12.0 Å². The van der Waals surface area contributed by atoms with Gasteiger partial charge >= 0.3 is 0 Å². The number of hydrogen-bond donors (Lipinski definition) is 2. The number of thiophene rings is 1. The number of nitrogens with one attached hydrogen (secondary N) is 1. The first-order valence-corrected chi connectivity index (χ1v) is 9.65. The zero-order valence-electron chi connectivity index (χ0n) is 15.3. The standard InChI is InChI=1S/C20H24N2O3S/c1-11-4-7-14(8-5-11)25-13(3)19(24)22-20-17(18(21)23)15-9-6-12(2)10-16(15)26-20/h4-5,7-8,12-13H,6,9-10H2,1-3H3,(H2,21,23)(H,22,24)/t12-,13+/m1/s1. The van der Waals surface area contributed by atoms with Crippen molar-refractivity contribution >= 4 is 28.2 Å². The summed E-state index contributed by atoms with van der Waals surface area (Å²) < 4.78 is 5.70. The Balaban J connectivity index is 1.76. The second-order valence-corrected chi connectivity index (χ2v) is 8.09. The summed E-state index contributed by atoms with van der Waals surface area (Å²) in [6.45, 7) is 5.88. The maximum absolute atomic E-state index is 12.6. The topological polar surface area (TPSA) is 81.4 Å². The minimum Gasteiger partial charge on any atom is -0.481 e. The van der Waals surface area contributed by atoms with Gasteiger partial charge in [0.15, 0.2) is 6.10 Å². The first kappa shape index (κ1) is 18.5. The average Bonchev–Trinajstić information content (AvgIpc) is 2.93. The van der Waals surface area contributed by atoms with E-state index in [1.54, 1.807) is 6.92 Å². The van der Waals surface area contributed by atoms with E-state index in [2.05, 4.69) is 12.2 Å². The third-order valence-electron chi connectivity index (χ3n) is 4.70. The van der Waals surface area contributed by atoms with Gasteiger partial charge in [0.25, 0.3) is 11.8 Å². The molecule has 0 aliphatic heterocycles. The third-order valence-corrected chi connectivity index (χ3v) is 5.87. The van der Waals surface area contributed by atoms with Crippen molar-refractivity contribution < 1.29 is 14.3 Å². The van der Waals surface area contributed by atoms with Crippen molar-refractivity contribution in [3.8, 4) is 5.75 Å². The quantitative estimate of drug-likeness (QED) is 0.840. The zero-order chi connectivity index (χ0) is 18.8. The number of anilines is 1. The van der Waals surface area contributed by atoms with Crippen molar-refractivity contribution in [2.24, 2.45) is 11.7 Å². The van der Waals surface area contributed by atoms with Gasteiger partial charge in [-0.3, -0.25) is 9.59 Å². The lowest BCUT2D eigenvalue weighted by molar-refractivity contribution is -0.122. The summed E-state index contributed by atoms with van der Waals surface area (Å²) >= 11 is 1.46. The highest BCUT2D eigenvalue weighted by atomic mass is 32.1. The minimum absolute atomic E-state index is 0.292. The average molecular weight is 372 g/mol. The lowest BCUT2D eigenvalue weighted by Gasteiger charge is -2.18. The SMILES string of the molecule is Cc1ccc(O[C@@H](C)C(=O)Nc2sc3c(c2C(N)=O)CC[C@@H](C)C3)cc1. The molecule has 0 saturated heterocycles. The van der Waals surface area contributed by atoms with E-state index in [0.717, 1.165) is 35.3 Å². The van der Waals surface area contributed by atoms with Crippen LogP contribution in [-0.2, 0) is 17.6 Å². The molecule has 0 saturated carbocycles. The molecule has 26 heavy (non-hydrogen) atoms. The maximum atomic E-state index is 12.6. The van der Waals surface area contributed by atoms with Gasteiger partial charge in [0.2, 0.25) is 0 Å². The van der Waals surface area contributed by atoms with Crippen molar-refractivity contribution in [2.75, 3.05) is 5.32 Å². The number of carbonyl (C=O) groups is 2. The maximum Gasteiger partial charge on any atom is 0.265 e. The number of nitrogens with two attached hydrogens (primary N) is 1. The molecule has 0 bridgehead atoms. The van der Waals surface area contributed by atoms with Gasteiger partial charge in [-0.1, -0.05) is 24.6 Å². The van der Waals surface area contributed by atoms with Crippen LogP contribution in [0, 0.1) is 12.8 Å².